The van der Waals surface area contributed by atoms with Gasteiger partial charge in [-0.1, -0.05) is 54.1 Å². The Balaban J connectivity index is 0.00000242. The molecule has 0 aromatic heterocycles. The van der Waals surface area contributed by atoms with Gasteiger partial charge in [0.25, 0.3) is 0 Å². The second-order valence-corrected chi connectivity index (χ2v) is 7.02. The number of halogens is 2. The van der Waals surface area contributed by atoms with Gasteiger partial charge in [0.05, 0.1) is 0 Å². The maximum Gasteiger partial charge on any atom is 0.191 e. The summed E-state index contributed by atoms with van der Waals surface area (Å²) in [6.45, 7) is 5.33. The molecule has 1 aliphatic carbocycles. The van der Waals surface area contributed by atoms with Crippen LogP contribution >= 0.6 is 39.9 Å². The number of rotatable bonds is 4. The van der Waals surface area contributed by atoms with E-state index < -0.39 is 0 Å². The quantitative estimate of drug-likeness (QED) is 0.294. The van der Waals surface area contributed by atoms with Crippen LogP contribution < -0.4 is 10.6 Å². The zero-order valence-electron chi connectivity index (χ0n) is 13.4. The van der Waals surface area contributed by atoms with Crippen LogP contribution in [0.5, 0.6) is 0 Å². The standard InChI is InChI=1S/C17H24BrN3.HI/c1-17(2,13-8-10-14(18)11-9-13)12-20-16(19-3)21-15-6-4-5-7-15;/h4-5,8-11,15H,6-7,12H2,1-3H3,(H2,19,20,21);1H. The maximum atomic E-state index is 4.32. The van der Waals surface area contributed by atoms with E-state index in [1.165, 1.54) is 5.56 Å². The third-order valence-electron chi connectivity index (χ3n) is 3.90. The molecule has 0 aliphatic heterocycles. The molecule has 0 heterocycles. The lowest BCUT2D eigenvalue weighted by molar-refractivity contribution is 0.504. The molecule has 1 aromatic carbocycles. The summed E-state index contributed by atoms with van der Waals surface area (Å²) in [6.07, 6.45) is 6.60. The van der Waals surface area contributed by atoms with E-state index in [1.807, 2.05) is 7.05 Å². The van der Waals surface area contributed by atoms with Gasteiger partial charge in [-0.15, -0.1) is 24.0 Å². The molecule has 22 heavy (non-hydrogen) atoms. The highest BCUT2D eigenvalue weighted by atomic mass is 127. The lowest BCUT2D eigenvalue weighted by Crippen LogP contribution is -2.46. The topological polar surface area (TPSA) is 36.4 Å². The highest BCUT2D eigenvalue weighted by Gasteiger charge is 2.21. The molecule has 0 spiro atoms. The van der Waals surface area contributed by atoms with Gasteiger partial charge in [0.2, 0.25) is 0 Å². The van der Waals surface area contributed by atoms with E-state index in [0.717, 1.165) is 29.8 Å². The Hall–Kier alpha value is -0.560. The summed E-state index contributed by atoms with van der Waals surface area (Å²) in [5, 5.41) is 6.92. The lowest BCUT2D eigenvalue weighted by Gasteiger charge is -2.27. The van der Waals surface area contributed by atoms with Gasteiger partial charge < -0.3 is 10.6 Å². The number of benzene rings is 1. The van der Waals surface area contributed by atoms with Crippen LogP contribution in [0.4, 0.5) is 0 Å². The largest absolute Gasteiger partial charge is 0.356 e. The normalized spacial score (nSPS) is 15.5. The van der Waals surface area contributed by atoms with E-state index in [0.29, 0.717) is 6.04 Å². The van der Waals surface area contributed by atoms with Crippen LogP contribution in [0, 0.1) is 0 Å². The van der Waals surface area contributed by atoms with Gasteiger partial charge in [0.15, 0.2) is 5.96 Å². The third kappa shape index (κ3) is 5.57. The first-order chi connectivity index (χ1) is 10.0. The van der Waals surface area contributed by atoms with Gasteiger partial charge in [-0.2, -0.15) is 0 Å². The minimum Gasteiger partial charge on any atom is -0.356 e. The van der Waals surface area contributed by atoms with E-state index in [4.69, 9.17) is 0 Å². The summed E-state index contributed by atoms with van der Waals surface area (Å²) in [4.78, 5) is 4.32. The van der Waals surface area contributed by atoms with Crippen LogP contribution in [0.1, 0.15) is 32.3 Å². The Bertz CT molecular complexity index is 515. The Morgan fingerprint density at radius 3 is 2.36 bits per heavy atom. The molecule has 0 saturated heterocycles. The van der Waals surface area contributed by atoms with Crippen molar-refractivity contribution in [3.05, 3.63) is 46.5 Å². The monoisotopic (exact) mass is 477 g/mol. The molecule has 122 valence electrons. The van der Waals surface area contributed by atoms with Crippen molar-refractivity contribution in [2.45, 2.75) is 38.1 Å². The molecule has 2 rings (SSSR count). The molecular weight excluding hydrogens is 453 g/mol. The van der Waals surface area contributed by atoms with Crippen LogP contribution in [0.25, 0.3) is 0 Å². The molecule has 0 bridgehead atoms. The van der Waals surface area contributed by atoms with Crippen LogP contribution in [-0.2, 0) is 5.41 Å². The summed E-state index contributed by atoms with van der Waals surface area (Å²) < 4.78 is 1.11. The van der Waals surface area contributed by atoms with E-state index in [1.54, 1.807) is 0 Å². The van der Waals surface area contributed by atoms with Crippen molar-refractivity contribution in [2.75, 3.05) is 13.6 Å². The summed E-state index contributed by atoms with van der Waals surface area (Å²) in [6, 6.07) is 9.00. The fourth-order valence-electron chi connectivity index (χ4n) is 2.43. The molecule has 0 unspecified atom stereocenters. The highest BCUT2D eigenvalue weighted by molar-refractivity contribution is 14.0. The zero-order valence-corrected chi connectivity index (χ0v) is 17.3. The summed E-state index contributed by atoms with van der Waals surface area (Å²) in [5.41, 5.74) is 1.36. The van der Waals surface area contributed by atoms with Gasteiger partial charge in [-0.3, -0.25) is 4.99 Å². The van der Waals surface area contributed by atoms with Gasteiger partial charge >= 0.3 is 0 Å². The first-order valence-corrected chi connectivity index (χ1v) is 8.19. The number of aliphatic imine (C=N–C) groups is 1. The number of nitrogens with one attached hydrogen (secondary N) is 2. The van der Waals surface area contributed by atoms with Crippen molar-refractivity contribution in [3.63, 3.8) is 0 Å². The molecule has 3 nitrogen and oxygen atoms in total. The van der Waals surface area contributed by atoms with Gasteiger partial charge in [0.1, 0.15) is 0 Å². The smallest absolute Gasteiger partial charge is 0.191 e. The Labute approximate surface area is 159 Å². The van der Waals surface area contributed by atoms with Crippen LogP contribution in [0.3, 0.4) is 0 Å². The van der Waals surface area contributed by atoms with E-state index in [9.17, 15) is 0 Å². The van der Waals surface area contributed by atoms with E-state index in [2.05, 4.69) is 81.8 Å². The van der Waals surface area contributed by atoms with E-state index >= 15 is 0 Å². The predicted octanol–water partition coefficient (Wildman–Crippen LogP) is 4.23. The second kappa shape index (κ2) is 8.91. The Morgan fingerprint density at radius 1 is 1.23 bits per heavy atom. The molecule has 0 fully saturated rings. The Kier molecular flexibility index (Phi) is 7.89. The minimum atomic E-state index is 0. The third-order valence-corrected chi connectivity index (χ3v) is 4.42. The number of hydrogen-bond donors (Lipinski definition) is 2. The molecule has 0 radical (unpaired) electrons. The summed E-state index contributed by atoms with van der Waals surface area (Å²) in [5.74, 6) is 0.883. The van der Waals surface area contributed by atoms with Gasteiger partial charge in [-0.05, 0) is 30.5 Å². The first kappa shape index (κ1) is 19.5. The average Bonchev–Trinajstić information content (AvgIpc) is 2.97. The molecule has 1 aliphatic rings. The van der Waals surface area contributed by atoms with Crippen LogP contribution in [0.2, 0.25) is 0 Å². The average molecular weight is 478 g/mol. The summed E-state index contributed by atoms with van der Waals surface area (Å²) >= 11 is 3.48. The van der Waals surface area contributed by atoms with Crippen molar-refractivity contribution >= 4 is 45.9 Å². The molecule has 0 saturated carbocycles. The second-order valence-electron chi connectivity index (χ2n) is 6.10. The number of guanidine groups is 1. The maximum absolute atomic E-state index is 4.32. The van der Waals surface area contributed by atoms with Crippen molar-refractivity contribution in [3.8, 4) is 0 Å². The van der Waals surface area contributed by atoms with Crippen molar-refractivity contribution in [1.82, 2.24) is 10.6 Å². The fourth-order valence-corrected chi connectivity index (χ4v) is 2.70. The van der Waals surface area contributed by atoms with Gasteiger partial charge in [0, 0.05) is 29.5 Å². The predicted molar refractivity (Wildman–Crippen MR) is 109 cm³/mol. The molecular formula is C17H25BrIN3. The summed E-state index contributed by atoms with van der Waals surface area (Å²) in [7, 11) is 1.82. The molecule has 0 atom stereocenters. The zero-order chi connectivity index (χ0) is 15.3. The molecule has 2 N–H and O–H groups in total. The Morgan fingerprint density at radius 2 is 1.82 bits per heavy atom. The van der Waals surface area contributed by atoms with E-state index in [-0.39, 0.29) is 29.4 Å². The first-order valence-electron chi connectivity index (χ1n) is 7.39. The van der Waals surface area contributed by atoms with Crippen molar-refractivity contribution in [2.24, 2.45) is 4.99 Å². The van der Waals surface area contributed by atoms with Crippen molar-refractivity contribution < 1.29 is 0 Å². The molecule has 0 amide bonds. The van der Waals surface area contributed by atoms with Crippen LogP contribution in [0.15, 0.2) is 45.9 Å². The number of hydrogen-bond acceptors (Lipinski definition) is 1. The highest BCUT2D eigenvalue weighted by Crippen LogP contribution is 2.24. The van der Waals surface area contributed by atoms with Gasteiger partial charge in [-0.25, -0.2) is 0 Å². The minimum absolute atomic E-state index is 0. The molecule has 1 aromatic rings. The number of nitrogens with zero attached hydrogens (tertiary/aromatic N) is 1. The van der Waals surface area contributed by atoms with Crippen molar-refractivity contribution in [1.29, 1.82) is 0 Å². The van der Waals surface area contributed by atoms with Crippen LogP contribution in [-0.4, -0.2) is 25.6 Å². The SMILES string of the molecule is CN=C(NCC(C)(C)c1ccc(Br)cc1)NC1CC=CC1.I. The molecule has 5 heteroatoms. The lowest BCUT2D eigenvalue weighted by atomic mass is 9.85. The fraction of sp³-hybridized carbons (Fsp3) is 0.471.